The molecule has 0 radical (unpaired) electrons. The molecule has 3 fully saturated rings. The number of Topliss-reactive ketones (excluding diaryl/α,β-unsaturated/α-hetero) is 1. The number of aliphatic hydroxyl groups excluding tert-OH is 2. The molecule has 10 atom stereocenters. The Morgan fingerprint density at radius 2 is 1.83 bits per heavy atom. The van der Waals surface area contributed by atoms with Crippen LogP contribution in [0, 0.1) is 46.3 Å². The Labute approximate surface area is 239 Å². The summed E-state index contributed by atoms with van der Waals surface area (Å²) in [5.74, 6) is 1.04. The number of carbonyl (C=O) groups excluding carboxylic acids is 1. The molecule has 200 valence electrons. The van der Waals surface area contributed by atoms with E-state index in [4.69, 9.17) is 4.18 Å². The van der Waals surface area contributed by atoms with E-state index >= 15 is 0 Å². The molecule has 0 aromatic carbocycles. The van der Waals surface area contributed by atoms with Crippen LogP contribution in [0.15, 0.2) is 11.6 Å². The van der Waals surface area contributed by atoms with E-state index in [2.05, 4.69) is 26.8 Å². The minimum absolute atomic E-state index is 0. The van der Waals surface area contributed by atoms with Gasteiger partial charge in [0.15, 0.2) is 5.78 Å². The zero-order valence-electron chi connectivity index (χ0n) is 22.8. The molecule has 2 N–H and O–H groups in total. The SMILES string of the molecule is CC(C)C(O)C(=O)C[C@@H](C)[C@H]1CC[C@H]2[C@@H]3C[C@H](O)C4C[C@@H](OS(=O)(=O)[O-])CC[C@]4(C)C3=CC[C@]12C.[Na+]. The molecule has 0 heterocycles. The number of fused-ring (bicyclic) bond motifs is 5. The van der Waals surface area contributed by atoms with Gasteiger partial charge in [-0.1, -0.05) is 46.3 Å². The predicted molar refractivity (Wildman–Crippen MR) is 131 cm³/mol. The molecule has 9 heteroatoms. The minimum atomic E-state index is -4.76. The Morgan fingerprint density at radius 3 is 2.44 bits per heavy atom. The molecule has 0 bridgehead atoms. The molecule has 0 aromatic heterocycles. The Kier molecular flexibility index (Phi) is 9.39. The predicted octanol–water partition coefficient (Wildman–Crippen LogP) is 0.998. The summed E-state index contributed by atoms with van der Waals surface area (Å²) in [6, 6.07) is 0. The van der Waals surface area contributed by atoms with Gasteiger partial charge in [0, 0.05) is 6.42 Å². The summed E-state index contributed by atoms with van der Waals surface area (Å²) < 4.78 is 38.2. The van der Waals surface area contributed by atoms with Gasteiger partial charge in [0.1, 0.15) is 6.10 Å². The smallest absolute Gasteiger partial charge is 0.726 e. The van der Waals surface area contributed by atoms with Gasteiger partial charge in [-0.05, 0) is 91.3 Å². The normalized spacial score (nSPS) is 41.9. The van der Waals surface area contributed by atoms with Crippen molar-refractivity contribution in [3.05, 3.63) is 11.6 Å². The van der Waals surface area contributed by atoms with Crippen molar-refractivity contribution in [3.63, 3.8) is 0 Å². The molecule has 0 aromatic rings. The second-order valence-corrected chi connectivity index (χ2v) is 13.8. The van der Waals surface area contributed by atoms with Crippen molar-refractivity contribution in [3.8, 4) is 0 Å². The van der Waals surface area contributed by atoms with Crippen LogP contribution in [0.4, 0.5) is 0 Å². The summed E-state index contributed by atoms with van der Waals surface area (Å²) in [5, 5.41) is 21.5. The molecular weight excluding hydrogens is 491 g/mol. The van der Waals surface area contributed by atoms with Crippen LogP contribution in [0.1, 0.15) is 86.0 Å². The first kappa shape index (κ1) is 30.7. The Hall–Kier alpha value is 0.200. The summed E-state index contributed by atoms with van der Waals surface area (Å²) >= 11 is 0. The van der Waals surface area contributed by atoms with Crippen LogP contribution in [-0.4, -0.2) is 47.3 Å². The standard InChI is InChI=1S/C27H44O7S.Na/c1-15(2)25(30)24(29)12-16(3)19-6-7-20-18-14-23(28)22-13-17(34-35(31,32)33)8-10-27(22,5)21(18)9-11-26(19,20)4;/h9,15-20,22-23,25,28,30H,6-8,10-14H2,1-5H3,(H,31,32,33);/q;+1/p-1/t16-,17+,18+,19-,20+,22?,23+,25?,26-,27-;/m1./s1. The number of allylic oxidation sites excluding steroid dienone is 2. The van der Waals surface area contributed by atoms with E-state index < -0.39 is 28.7 Å². The molecular formula is C27H43NaO7S. The Balaban J connectivity index is 0.00000361. The first-order chi connectivity index (χ1) is 16.2. The van der Waals surface area contributed by atoms with Crippen LogP contribution in [0.2, 0.25) is 0 Å². The zero-order chi connectivity index (χ0) is 25.9. The number of rotatable bonds is 7. The van der Waals surface area contributed by atoms with Gasteiger partial charge in [-0.25, -0.2) is 8.42 Å². The third-order valence-electron chi connectivity index (χ3n) is 10.5. The van der Waals surface area contributed by atoms with Crippen molar-refractivity contribution in [2.75, 3.05) is 0 Å². The number of hydrogen-bond donors (Lipinski definition) is 2. The quantitative estimate of drug-likeness (QED) is 0.216. The second kappa shape index (κ2) is 11.0. The van der Waals surface area contributed by atoms with E-state index in [1.807, 2.05) is 13.8 Å². The van der Waals surface area contributed by atoms with Gasteiger partial charge in [0.25, 0.3) is 0 Å². The van der Waals surface area contributed by atoms with Gasteiger partial charge in [-0.15, -0.1) is 0 Å². The zero-order valence-corrected chi connectivity index (χ0v) is 25.6. The van der Waals surface area contributed by atoms with Crippen LogP contribution in [0.5, 0.6) is 0 Å². The van der Waals surface area contributed by atoms with Crippen molar-refractivity contribution < 1.29 is 61.7 Å². The molecule has 0 spiro atoms. The number of ketones is 1. The van der Waals surface area contributed by atoms with Crippen LogP contribution in [0.3, 0.4) is 0 Å². The fourth-order valence-corrected chi connectivity index (χ4v) is 9.22. The Morgan fingerprint density at radius 1 is 1.17 bits per heavy atom. The van der Waals surface area contributed by atoms with E-state index in [0.717, 1.165) is 19.3 Å². The van der Waals surface area contributed by atoms with Gasteiger partial charge in [0.05, 0.1) is 12.2 Å². The minimum Gasteiger partial charge on any atom is -0.726 e. The van der Waals surface area contributed by atoms with Crippen LogP contribution < -0.4 is 29.6 Å². The molecule has 0 amide bonds. The van der Waals surface area contributed by atoms with E-state index in [0.29, 0.717) is 43.9 Å². The Bertz CT molecular complexity index is 965. The van der Waals surface area contributed by atoms with Crippen molar-refractivity contribution >= 4 is 16.2 Å². The van der Waals surface area contributed by atoms with Crippen LogP contribution in [0.25, 0.3) is 0 Å². The van der Waals surface area contributed by atoms with Crippen molar-refractivity contribution in [1.29, 1.82) is 0 Å². The van der Waals surface area contributed by atoms with E-state index in [9.17, 15) is 28.0 Å². The summed E-state index contributed by atoms with van der Waals surface area (Å²) in [6.45, 7) is 10.4. The molecule has 3 saturated carbocycles. The largest absolute Gasteiger partial charge is 1.00 e. The van der Waals surface area contributed by atoms with E-state index in [1.165, 1.54) is 5.57 Å². The maximum atomic E-state index is 12.6. The summed E-state index contributed by atoms with van der Waals surface area (Å²) in [7, 11) is -4.76. The van der Waals surface area contributed by atoms with Gasteiger partial charge >= 0.3 is 29.6 Å². The third-order valence-corrected chi connectivity index (χ3v) is 11.0. The average Bonchev–Trinajstić information content (AvgIpc) is 3.10. The van der Waals surface area contributed by atoms with E-state index in [1.54, 1.807) is 0 Å². The number of hydrogen-bond acceptors (Lipinski definition) is 7. The summed E-state index contributed by atoms with van der Waals surface area (Å²) in [4.78, 5) is 12.6. The van der Waals surface area contributed by atoms with Gasteiger partial charge in [-0.3, -0.25) is 8.98 Å². The van der Waals surface area contributed by atoms with Crippen molar-refractivity contribution in [1.82, 2.24) is 0 Å². The number of carbonyl (C=O) groups is 1. The summed E-state index contributed by atoms with van der Waals surface area (Å²) in [6.07, 6.45) is 5.95. The fourth-order valence-electron chi connectivity index (χ4n) is 8.72. The van der Waals surface area contributed by atoms with E-state index in [-0.39, 0.29) is 69.8 Å². The number of aliphatic hydroxyl groups is 2. The third kappa shape index (κ3) is 5.58. The van der Waals surface area contributed by atoms with Crippen LogP contribution >= 0.6 is 0 Å². The molecule has 2 unspecified atom stereocenters. The maximum Gasteiger partial charge on any atom is 1.00 e. The second-order valence-electron chi connectivity index (χ2n) is 12.8. The summed E-state index contributed by atoms with van der Waals surface area (Å²) in [5.41, 5.74) is 1.23. The monoisotopic (exact) mass is 534 g/mol. The average molecular weight is 535 g/mol. The first-order valence-electron chi connectivity index (χ1n) is 13.4. The first-order valence-corrected chi connectivity index (χ1v) is 14.7. The molecule has 4 aliphatic carbocycles. The van der Waals surface area contributed by atoms with Gasteiger partial charge in [-0.2, -0.15) is 0 Å². The van der Waals surface area contributed by atoms with Gasteiger partial charge < -0.3 is 14.8 Å². The van der Waals surface area contributed by atoms with Crippen LogP contribution in [-0.2, 0) is 19.4 Å². The van der Waals surface area contributed by atoms with Crippen molar-refractivity contribution in [2.24, 2.45) is 46.3 Å². The molecule has 36 heavy (non-hydrogen) atoms. The molecule has 0 saturated heterocycles. The molecule has 0 aliphatic heterocycles. The van der Waals surface area contributed by atoms with Gasteiger partial charge in [0.2, 0.25) is 10.4 Å². The van der Waals surface area contributed by atoms with Crippen molar-refractivity contribution in [2.45, 2.75) is 104 Å². The molecule has 4 rings (SSSR count). The fraction of sp³-hybridized carbons (Fsp3) is 0.889. The maximum absolute atomic E-state index is 12.6. The molecule has 7 nitrogen and oxygen atoms in total. The topological polar surface area (TPSA) is 124 Å². The molecule has 4 aliphatic rings.